The van der Waals surface area contributed by atoms with Crippen molar-refractivity contribution in [2.24, 2.45) is 22.9 Å². The molecule has 7 rings (SSSR count). The van der Waals surface area contributed by atoms with Crippen molar-refractivity contribution < 1.29 is 47.2 Å². The fourth-order valence-corrected chi connectivity index (χ4v) is 11.1. The van der Waals surface area contributed by atoms with Crippen LogP contribution in [0.2, 0.25) is 0 Å². The molecule has 1 fully saturated rings. The predicted molar refractivity (Wildman–Crippen MR) is 232 cm³/mol. The summed E-state index contributed by atoms with van der Waals surface area (Å²) in [4.78, 5) is 22.3. The standard InChI is InChI=1S/C47H55N3O10S/c1-5-25-57-47-43(50(3)61(54,55)42-17-11-14-31-15-12-22-48-46(31)42)29-39(49-58-6-2)37-27-32(13-7-9-23-51)36(16-8-10-24-52)44(45(37)47)38-28-35(19-21-41(38)60-47)59-34-18-20-40(56-4)33(26-34)30-53/h5,11-12,14-15,17-22,26-28,30,32,36,43-45,51-52H,1,6-10,13,16,23-25,29H2,2-4H3/t32-,36+,43-,44+,45+,47+/m0/s1. The van der Waals surface area contributed by atoms with Crippen LogP contribution < -0.4 is 14.2 Å². The van der Waals surface area contributed by atoms with Gasteiger partial charge in [-0.1, -0.05) is 48.3 Å². The zero-order valence-corrected chi connectivity index (χ0v) is 35.8. The van der Waals surface area contributed by atoms with Gasteiger partial charge in [-0.3, -0.25) is 9.78 Å². The SMILES string of the molecule is C=CCO[C@@]12Oc3ccc(Oc4ccc(OC)c(C=O)c4)cc3[C@H]3[C@H](CCCCO)[C@@H](CCCCO)C=C(C(=NOCC)C[C@@H]1N(C)S(=O)(=O)c1cccc4cccnc14)[C@H]32. The van der Waals surface area contributed by atoms with Gasteiger partial charge in [-0.05, 0) is 98.5 Å². The third kappa shape index (κ3) is 8.56. The van der Waals surface area contributed by atoms with Gasteiger partial charge in [0.15, 0.2) is 6.29 Å². The lowest BCUT2D eigenvalue weighted by Crippen LogP contribution is -2.69. The number of hydrogen-bond donors (Lipinski definition) is 2. The number of carbonyl (C=O) groups is 1. The van der Waals surface area contributed by atoms with E-state index in [4.69, 9.17) is 28.9 Å². The molecule has 6 atom stereocenters. The lowest BCUT2D eigenvalue weighted by Gasteiger charge is -2.59. The van der Waals surface area contributed by atoms with Crippen LogP contribution in [-0.2, 0) is 19.6 Å². The van der Waals surface area contributed by atoms with Crippen molar-refractivity contribution in [1.29, 1.82) is 0 Å². The summed E-state index contributed by atoms with van der Waals surface area (Å²) in [6, 6.07) is 18.4. The highest BCUT2D eigenvalue weighted by Crippen LogP contribution is 2.62. The van der Waals surface area contributed by atoms with Crippen LogP contribution in [0, 0.1) is 17.8 Å². The molecule has 13 nitrogen and oxygen atoms in total. The fraction of sp³-hybridized carbons (Fsp3) is 0.426. The van der Waals surface area contributed by atoms with Gasteiger partial charge in [0.2, 0.25) is 15.8 Å². The van der Waals surface area contributed by atoms with E-state index >= 15 is 8.42 Å². The largest absolute Gasteiger partial charge is 0.496 e. The number of sulfonamides is 1. The molecule has 0 saturated heterocycles. The van der Waals surface area contributed by atoms with E-state index in [9.17, 15) is 15.0 Å². The molecule has 2 N–H and O–H groups in total. The minimum Gasteiger partial charge on any atom is -0.496 e. The van der Waals surface area contributed by atoms with Crippen molar-refractivity contribution >= 4 is 32.9 Å². The maximum Gasteiger partial charge on any atom is 0.245 e. The average Bonchev–Trinajstić information content (AvgIpc) is 3.28. The van der Waals surface area contributed by atoms with Crippen molar-refractivity contribution in [3.63, 3.8) is 0 Å². The van der Waals surface area contributed by atoms with E-state index in [2.05, 4.69) is 17.6 Å². The van der Waals surface area contributed by atoms with Gasteiger partial charge in [0.1, 0.15) is 34.5 Å². The third-order valence-corrected chi connectivity index (χ3v) is 14.1. The first-order valence-corrected chi connectivity index (χ1v) is 22.4. The molecule has 0 bridgehead atoms. The summed E-state index contributed by atoms with van der Waals surface area (Å²) in [5.74, 6) is -0.677. The van der Waals surface area contributed by atoms with Gasteiger partial charge in [-0.2, -0.15) is 4.31 Å². The van der Waals surface area contributed by atoms with Crippen LogP contribution in [0.25, 0.3) is 10.9 Å². The molecule has 0 amide bonds. The Morgan fingerprint density at radius 2 is 1.77 bits per heavy atom. The van der Waals surface area contributed by atoms with E-state index in [0.29, 0.717) is 70.9 Å². The molecule has 1 aromatic heterocycles. The van der Waals surface area contributed by atoms with Crippen LogP contribution in [0.5, 0.6) is 23.0 Å². The van der Waals surface area contributed by atoms with Gasteiger partial charge in [0.25, 0.3) is 0 Å². The van der Waals surface area contributed by atoms with Crippen LogP contribution in [-0.4, -0.2) is 92.3 Å². The lowest BCUT2D eigenvalue weighted by molar-refractivity contribution is -0.250. The number of rotatable bonds is 20. The number of aldehydes is 1. The number of para-hydroxylation sites is 1. The predicted octanol–water partition coefficient (Wildman–Crippen LogP) is 7.82. The van der Waals surface area contributed by atoms with Crippen LogP contribution in [0.1, 0.15) is 73.7 Å². The molecule has 1 aliphatic heterocycles. The summed E-state index contributed by atoms with van der Waals surface area (Å²) in [5.41, 5.74) is 2.98. The zero-order chi connectivity index (χ0) is 43.1. The first kappa shape index (κ1) is 44.0. The van der Waals surface area contributed by atoms with Crippen molar-refractivity contribution in [3.05, 3.63) is 108 Å². The average molecular weight is 854 g/mol. The maximum absolute atomic E-state index is 15.1. The van der Waals surface area contributed by atoms with Crippen LogP contribution in [0.4, 0.5) is 0 Å². The number of methoxy groups -OCH3 is 1. The first-order valence-electron chi connectivity index (χ1n) is 21.0. The number of carbonyl (C=O) groups excluding carboxylic acids is 1. The van der Waals surface area contributed by atoms with Gasteiger partial charge in [0.05, 0.1) is 42.5 Å². The van der Waals surface area contributed by atoms with Crippen LogP contribution >= 0.6 is 0 Å². The zero-order valence-electron chi connectivity index (χ0n) is 34.9. The van der Waals surface area contributed by atoms with E-state index in [1.54, 1.807) is 61.8 Å². The molecule has 0 spiro atoms. The summed E-state index contributed by atoms with van der Waals surface area (Å²) in [5, 5.41) is 25.2. The number of nitrogens with zero attached hydrogens (tertiary/aromatic N) is 3. The van der Waals surface area contributed by atoms with Gasteiger partial charge in [-0.15, -0.1) is 6.58 Å². The Hall–Kier alpha value is -5.12. The number of aromatic nitrogens is 1. The molecule has 3 aromatic carbocycles. The number of benzene rings is 3. The Labute approximate surface area is 357 Å². The number of oxime groups is 1. The Bertz CT molecular complexity index is 2380. The number of allylic oxidation sites excluding steroid dienone is 1. The van der Waals surface area contributed by atoms with Crippen LogP contribution in [0.3, 0.4) is 0 Å². The summed E-state index contributed by atoms with van der Waals surface area (Å²) in [6.45, 7) is 6.29. The van der Waals surface area contributed by atoms with E-state index in [1.165, 1.54) is 11.4 Å². The van der Waals surface area contributed by atoms with Crippen molar-refractivity contribution in [1.82, 2.24) is 9.29 Å². The minimum atomic E-state index is -4.27. The number of likely N-dealkylation sites (N-methyl/N-ethyl adjacent to an activating group) is 1. The Morgan fingerprint density at radius 3 is 2.51 bits per heavy atom. The second-order valence-corrected chi connectivity index (χ2v) is 17.6. The number of unbranched alkanes of at least 4 members (excludes halogenated alkanes) is 2. The van der Waals surface area contributed by atoms with Crippen molar-refractivity contribution in [2.45, 2.75) is 74.5 Å². The number of hydrogen-bond acceptors (Lipinski definition) is 12. The van der Waals surface area contributed by atoms with Gasteiger partial charge in [-0.25, -0.2) is 8.42 Å². The van der Waals surface area contributed by atoms with Crippen molar-refractivity contribution in [3.8, 4) is 23.0 Å². The highest BCUT2D eigenvalue weighted by atomic mass is 32.2. The first-order chi connectivity index (χ1) is 29.6. The second kappa shape index (κ2) is 19.3. The molecule has 3 aliphatic rings. The molecular weight excluding hydrogens is 799 g/mol. The van der Waals surface area contributed by atoms with E-state index in [0.717, 1.165) is 36.8 Å². The summed E-state index contributed by atoms with van der Waals surface area (Å²) in [6.07, 6.45) is 10.6. The molecule has 1 saturated carbocycles. The number of aliphatic hydroxyl groups is 2. The van der Waals surface area contributed by atoms with Crippen molar-refractivity contribution in [2.75, 3.05) is 40.6 Å². The highest BCUT2D eigenvalue weighted by molar-refractivity contribution is 7.89. The lowest BCUT2D eigenvalue weighted by atomic mass is 9.55. The maximum atomic E-state index is 15.1. The number of aliphatic hydroxyl groups excluding tert-OH is 2. The molecule has 0 radical (unpaired) electrons. The molecule has 4 aromatic rings. The molecular formula is C47H55N3O10S. The van der Waals surface area contributed by atoms with Gasteiger partial charge in [0, 0.05) is 49.7 Å². The molecule has 324 valence electrons. The van der Waals surface area contributed by atoms with Gasteiger partial charge >= 0.3 is 0 Å². The molecule has 61 heavy (non-hydrogen) atoms. The molecule has 2 aliphatic carbocycles. The summed E-state index contributed by atoms with van der Waals surface area (Å²) < 4.78 is 57.4. The highest BCUT2D eigenvalue weighted by Gasteiger charge is 2.65. The summed E-state index contributed by atoms with van der Waals surface area (Å²) in [7, 11) is -1.21. The number of fused-ring (bicyclic) bond motifs is 3. The quantitative estimate of drug-likeness (QED) is 0.0385. The van der Waals surface area contributed by atoms with E-state index in [1.807, 2.05) is 31.2 Å². The molecule has 0 unspecified atom stereocenters. The Morgan fingerprint density at radius 1 is 1.02 bits per heavy atom. The fourth-order valence-electron chi connectivity index (χ4n) is 9.52. The number of ether oxygens (including phenoxy) is 4. The van der Waals surface area contributed by atoms with Crippen LogP contribution in [0.15, 0.2) is 107 Å². The topological polar surface area (TPSA) is 166 Å². The molecule has 2 heterocycles. The second-order valence-electron chi connectivity index (χ2n) is 15.7. The Balaban J connectivity index is 1.45. The normalized spacial score (nSPS) is 23.7. The third-order valence-electron chi connectivity index (χ3n) is 12.2. The summed E-state index contributed by atoms with van der Waals surface area (Å²) >= 11 is 0. The monoisotopic (exact) mass is 853 g/mol. The van der Waals surface area contributed by atoms with E-state index in [-0.39, 0.29) is 48.9 Å². The Kier molecular flexibility index (Phi) is 13.9. The molecule has 14 heteroatoms. The number of pyridine rings is 1. The smallest absolute Gasteiger partial charge is 0.245 e. The minimum absolute atomic E-state index is 0.0115. The van der Waals surface area contributed by atoms with E-state index < -0.39 is 27.8 Å². The van der Waals surface area contributed by atoms with Gasteiger partial charge < -0.3 is 34.0 Å².